The number of aromatic carboxylic acids is 1. The summed E-state index contributed by atoms with van der Waals surface area (Å²) in [6.07, 6.45) is 0.341. The average Bonchev–Trinajstić information content (AvgIpc) is 2.63. The second-order valence-electron chi connectivity index (χ2n) is 3.96. The highest BCUT2D eigenvalue weighted by Gasteiger charge is 2.22. The van der Waals surface area contributed by atoms with Gasteiger partial charge < -0.3 is 21.5 Å². The number of carbonyl (C=O) groups excluding carboxylic acids is 1. The molecule has 1 fully saturated rings. The van der Waals surface area contributed by atoms with Crippen molar-refractivity contribution in [1.82, 2.24) is 5.32 Å². The standard InChI is InChI=1S/C11H13N3O3/c12-6-1-2-8(11(16)17)9(3-6)14-7-4-10(15)13-5-7/h1-3,7,14H,4-5,12H2,(H,13,15)(H,16,17). The van der Waals surface area contributed by atoms with Gasteiger partial charge in [-0.25, -0.2) is 4.79 Å². The quantitative estimate of drug-likeness (QED) is 0.563. The van der Waals surface area contributed by atoms with E-state index in [9.17, 15) is 9.59 Å². The van der Waals surface area contributed by atoms with Gasteiger partial charge in [-0.3, -0.25) is 4.79 Å². The van der Waals surface area contributed by atoms with Crippen LogP contribution in [0.25, 0.3) is 0 Å². The molecule has 1 amide bonds. The van der Waals surface area contributed by atoms with Gasteiger partial charge >= 0.3 is 5.97 Å². The molecular weight excluding hydrogens is 222 g/mol. The molecule has 1 aliphatic rings. The lowest BCUT2D eigenvalue weighted by atomic mass is 10.1. The molecule has 1 aliphatic heterocycles. The number of amides is 1. The number of nitrogens with one attached hydrogen (secondary N) is 2. The third kappa shape index (κ3) is 2.47. The van der Waals surface area contributed by atoms with E-state index in [0.29, 0.717) is 24.3 Å². The predicted molar refractivity (Wildman–Crippen MR) is 62.9 cm³/mol. The molecule has 6 nitrogen and oxygen atoms in total. The fourth-order valence-corrected chi connectivity index (χ4v) is 1.79. The van der Waals surface area contributed by atoms with Crippen LogP contribution < -0.4 is 16.4 Å². The molecule has 0 bridgehead atoms. The van der Waals surface area contributed by atoms with Gasteiger partial charge in [0, 0.05) is 18.7 Å². The number of hydrogen-bond acceptors (Lipinski definition) is 4. The fourth-order valence-electron chi connectivity index (χ4n) is 1.79. The first-order valence-electron chi connectivity index (χ1n) is 5.22. The van der Waals surface area contributed by atoms with E-state index in [4.69, 9.17) is 10.8 Å². The molecule has 90 valence electrons. The molecule has 2 rings (SSSR count). The molecule has 1 aromatic rings. The lowest BCUT2D eigenvalue weighted by Crippen LogP contribution is -2.23. The van der Waals surface area contributed by atoms with Crippen molar-refractivity contribution in [3.8, 4) is 0 Å². The van der Waals surface area contributed by atoms with Crippen LogP contribution in [0.1, 0.15) is 16.8 Å². The molecule has 17 heavy (non-hydrogen) atoms. The summed E-state index contributed by atoms with van der Waals surface area (Å²) in [5.74, 6) is -1.06. The number of carboxylic acid groups (broad SMARTS) is 1. The summed E-state index contributed by atoms with van der Waals surface area (Å²) < 4.78 is 0. The van der Waals surface area contributed by atoms with Crippen LogP contribution in [-0.2, 0) is 4.79 Å². The third-order valence-corrected chi connectivity index (χ3v) is 2.61. The number of nitrogens with two attached hydrogens (primary N) is 1. The molecule has 1 aromatic carbocycles. The molecule has 0 spiro atoms. The van der Waals surface area contributed by atoms with E-state index in [-0.39, 0.29) is 17.5 Å². The van der Waals surface area contributed by atoms with E-state index in [2.05, 4.69) is 10.6 Å². The first kappa shape index (κ1) is 11.3. The van der Waals surface area contributed by atoms with Gasteiger partial charge in [-0.05, 0) is 18.2 Å². The maximum atomic E-state index is 11.0. The highest BCUT2D eigenvalue weighted by Crippen LogP contribution is 2.21. The summed E-state index contributed by atoms with van der Waals surface area (Å²) in [6, 6.07) is 4.45. The Hall–Kier alpha value is -2.24. The molecule has 1 unspecified atom stereocenters. The minimum absolute atomic E-state index is 0.0386. The van der Waals surface area contributed by atoms with Gasteiger partial charge in [-0.15, -0.1) is 0 Å². The van der Waals surface area contributed by atoms with Gasteiger partial charge in [0.1, 0.15) is 0 Å². The molecule has 0 radical (unpaired) electrons. The van der Waals surface area contributed by atoms with Crippen LogP contribution in [0.4, 0.5) is 11.4 Å². The van der Waals surface area contributed by atoms with Crippen LogP contribution in [0.2, 0.25) is 0 Å². The predicted octanol–water partition coefficient (Wildman–Crippen LogP) is 0.267. The smallest absolute Gasteiger partial charge is 0.337 e. The van der Waals surface area contributed by atoms with Gasteiger partial charge in [-0.2, -0.15) is 0 Å². The summed E-state index contributed by atoms with van der Waals surface area (Å²) in [6.45, 7) is 0.493. The van der Waals surface area contributed by atoms with Crippen LogP contribution in [-0.4, -0.2) is 29.6 Å². The normalized spacial score (nSPS) is 18.8. The van der Waals surface area contributed by atoms with E-state index >= 15 is 0 Å². The Kier molecular flexibility index (Phi) is 2.86. The molecule has 1 heterocycles. The molecule has 0 saturated carbocycles. The highest BCUT2D eigenvalue weighted by atomic mass is 16.4. The Bertz CT molecular complexity index is 473. The van der Waals surface area contributed by atoms with Crippen molar-refractivity contribution < 1.29 is 14.7 Å². The molecule has 1 saturated heterocycles. The maximum absolute atomic E-state index is 11.0. The summed E-state index contributed by atoms with van der Waals surface area (Å²) >= 11 is 0. The van der Waals surface area contributed by atoms with Gasteiger partial charge in [-0.1, -0.05) is 0 Å². The maximum Gasteiger partial charge on any atom is 0.337 e. The van der Waals surface area contributed by atoms with Gasteiger partial charge in [0.25, 0.3) is 0 Å². The van der Waals surface area contributed by atoms with E-state index in [0.717, 1.165) is 0 Å². The lowest BCUT2D eigenvalue weighted by Gasteiger charge is -2.14. The second-order valence-corrected chi connectivity index (χ2v) is 3.96. The van der Waals surface area contributed by atoms with Crippen molar-refractivity contribution in [3.05, 3.63) is 23.8 Å². The molecule has 6 heteroatoms. The van der Waals surface area contributed by atoms with Gasteiger partial charge in [0.2, 0.25) is 5.91 Å². The second kappa shape index (κ2) is 4.32. The number of rotatable bonds is 3. The Morgan fingerprint density at radius 3 is 2.88 bits per heavy atom. The molecular formula is C11H13N3O3. The van der Waals surface area contributed by atoms with Gasteiger partial charge in [0.15, 0.2) is 0 Å². The topological polar surface area (TPSA) is 104 Å². The summed E-state index contributed by atoms with van der Waals surface area (Å²) in [5, 5.41) is 14.7. The van der Waals surface area contributed by atoms with Crippen molar-refractivity contribution in [3.63, 3.8) is 0 Å². The Morgan fingerprint density at radius 1 is 1.53 bits per heavy atom. The molecule has 0 aromatic heterocycles. The molecule has 1 atom stereocenters. The first-order valence-corrected chi connectivity index (χ1v) is 5.22. The molecule has 0 aliphatic carbocycles. The number of carbonyl (C=O) groups is 2. The Labute approximate surface area is 97.8 Å². The Balaban J connectivity index is 2.21. The van der Waals surface area contributed by atoms with Crippen LogP contribution in [0.3, 0.4) is 0 Å². The van der Waals surface area contributed by atoms with E-state index < -0.39 is 5.97 Å². The highest BCUT2D eigenvalue weighted by molar-refractivity contribution is 5.95. The number of anilines is 2. The average molecular weight is 235 g/mol. The van der Waals surface area contributed by atoms with Gasteiger partial charge in [0.05, 0.1) is 17.3 Å². The zero-order valence-electron chi connectivity index (χ0n) is 9.06. The third-order valence-electron chi connectivity index (χ3n) is 2.61. The summed E-state index contributed by atoms with van der Waals surface area (Å²) in [5.41, 5.74) is 6.69. The van der Waals surface area contributed by atoms with E-state index in [1.165, 1.54) is 12.1 Å². The number of benzene rings is 1. The van der Waals surface area contributed by atoms with Crippen molar-refractivity contribution in [1.29, 1.82) is 0 Å². The van der Waals surface area contributed by atoms with Crippen LogP contribution in [0, 0.1) is 0 Å². The van der Waals surface area contributed by atoms with Crippen molar-refractivity contribution >= 4 is 23.3 Å². The van der Waals surface area contributed by atoms with Crippen molar-refractivity contribution in [2.24, 2.45) is 0 Å². The minimum Gasteiger partial charge on any atom is -0.478 e. The summed E-state index contributed by atoms with van der Waals surface area (Å²) in [7, 11) is 0. The van der Waals surface area contributed by atoms with E-state index in [1.54, 1.807) is 6.07 Å². The van der Waals surface area contributed by atoms with Crippen LogP contribution in [0.15, 0.2) is 18.2 Å². The zero-order chi connectivity index (χ0) is 12.4. The lowest BCUT2D eigenvalue weighted by molar-refractivity contribution is -0.119. The minimum atomic E-state index is -1.02. The van der Waals surface area contributed by atoms with Crippen molar-refractivity contribution in [2.45, 2.75) is 12.5 Å². The SMILES string of the molecule is Nc1ccc(C(=O)O)c(NC2CNC(=O)C2)c1. The van der Waals surface area contributed by atoms with E-state index in [1.807, 2.05) is 0 Å². The van der Waals surface area contributed by atoms with Crippen LogP contribution in [0.5, 0.6) is 0 Å². The monoisotopic (exact) mass is 235 g/mol. The number of nitrogen functional groups attached to an aromatic ring is 1. The largest absolute Gasteiger partial charge is 0.478 e. The molecule has 5 N–H and O–H groups in total. The number of carboxylic acids is 1. The van der Waals surface area contributed by atoms with Crippen LogP contribution >= 0.6 is 0 Å². The first-order chi connectivity index (χ1) is 8.06. The van der Waals surface area contributed by atoms with Crippen molar-refractivity contribution in [2.75, 3.05) is 17.6 Å². The Morgan fingerprint density at radius 2 is 2.29 bits per heavy atom. The fraction of sp³-hybridized carbons (Fsp3) is 0.273. The zero-order valence-corrected chi connectivity index (χ0v) is 9.06. The summed E-state index contributed by atoms with van der Waals surface area (Å²) in [4.78, 5) is 22.0. The number of hydrogen-bond donors (Lipinski definition) is 4.